The SMILES string of the molecule is CCCNN(C)P. The van der Waals surface area contributed by atoms with Crippen molar-refractivity contribution < 1.29 is 0 Å². The van der Waals surface area contributed by atoms with Crippen LogP contribution in [0.1, 0.15) is 13.3 Å². The first-order valence-electron chi connectivity index (χ1n) is 2.49. The first kappa shape index (κ1) is 7.35. The summed E-state index contributed by atoms with van der Waals surface area (Å²) in [4.78, 5) is 0. The molecule has 2 nitrogen and oxygen atoms in total. The van der Waals surface area contributed by atoms with Gasteiger partial charge in [0.25, 0.3) is 0 Å². The molecule has 44 valence electrons. The highest BCUT2D eigenvalue weighted by molar-refractivity contribution is 7.13. The minimum absolute atomic E-state index is 1.06. The predicted octanol–water partition coefficient (Wildman–Crippen LogP) is 0.623. The van der Waals surface area contributed by atoms with Crippen LogP contribution in [0.5, 0.6) is 0 Å². The zero-order chi connectivity index (χ0) is 5.70. The number of hydrazine groups is 1. The molecule has 0 saturated heterocycles. The van der Waals surface area contributed by atoms with Gasteiger partial charge in [0.1, 0.15) is 0 Å². The average molecular weight is 120 g/mol. The van der Waals surface area contributed by atoms with E-state index in [9.17, 15) is 0 Å². The van der Waals surface area contributed by atoms with Gasteiger partial charge >= 0.3 is 0 Å². The smallest absolute Gasteiger partial charge is 0.0102 e. The van der Waals surface area contributed by atoms with Gasteiger partial charge in [-0.1, -0.05) is 6.92 Å². The Hall–Kier alpha value is 0.350. The summed E-state index contributed by atoms with van der Waals surface area (Å²) in [5, 5.41) is 0. The van der Waals surface area contributed by atoms with E-state index in [1.54, 1.807) is 0 Å². The second kappa shape index (κ2) is 4.51. The largest absolute Gasteiger partial charge is 0.252 e. The minimum atomic E-state index is 1.06. The Morgan fingerprint density at radius 3 is 2.43 bits per heavy atom. The van der Waals surface area contributed by atoms with Gasteiger partial charge in [-0.15, -0.1) is 0 Å². The molecule has 0 heterocycles. The van der Waals surface area contributed by atoms with E-state index in [-0.39, 0.29) is 0 Å². The van der Waals surface area contributed by atoms with Crippen LogP contribution >= 0.6 is 9.39 Å². The van der Waals surface area contributed by atoms with Crippen LogP contribution in [-0.4, -0.2) is 18.4 Å². The van der Waals surface area contributed by atoms with Gasteiger partial charge in [-0.05, 0) is 15.8 Å². The van der Waals surface area contributed by atoms with E-state index >= 15 is 0 Å². The number of hydrogen-bond acceptors (Lipinski definition) is 2. The Morgan fingerprint density at radius 2 is 2.29 bits per heavy atom. The Labute approximate surface area is 47.5 Å². The standard InChI is InChI=1S/C4H13N2P/c1-3-4-5-6(2)7/h5H,3-4,7H2,1-2H3. The molecule has 0 fully saturated rings. The van der Waals surface area contributed by atoms with E-state index in [1.165, 1.54) is 6.42 Å². The van der Waals surface area contributed by atoms with Crippen LogP contribution in [0.4, 0.5) is 0 Å². The normalized spacial score (nSPS) is 10.3. The summed E-state index contributed by atoms with van der Waals surface area (Å²) in [5.41, 5.74) is 3.09. The maximum absolute atomic E-state index is 3.09. The summed E-state index contributed by atoms with van der Waals surface area (Å²) in [6, 6.07) is 0. The van der Waals surface area contributed by atoms with E-state index in [2.05, 4.69) is 21.7 Å². The molecule has 7 heavy (non-hydrogen) atoms. The van der Waals surface area contributed by atoms with Crippen molar-refractivity contribution in [2.45, 2.75) is 13.3 Å². The summed E-state index contributed by atoms with van der Waals surface area (Å²) >= 11 is 0. The molecule has 0 spiro atoms. The summed E-state index contributed by atoms with van der Waals surface area (Å²) in [6.45, 7) is 3.20. The van der Waals surface area contributed by atoms with Crippen molar-refractivity contribution in [2.75, 3.05) is 13.6 Å². The zero-order valence-electron chi connectivity index (χ0n) is 4.94. The maximum Gasteiger partial charge on any atom is 0.0102 e. The topological polar surface area (TPSA) is 15.3 Å². The molecule has 1 atom stereocenters. The van der Waals surface area contributed by atoms with Crippen molar-refractivity contribution in [3.8, 4) is 0 Å². The molecule has 0 aliphatic rings. The fourth-order valence-corrected chi connectivity index (χ4v) is 0.417. The summed E-state index contributed by atoms with van der Waals surface area (Å²) in [7, 11) is 4.49. The van der Waals surface area contributed by atoms with Gasteiger partial charge in [-0.2, -0.15) is 0 Å². The fraction of sp³-hybridized carbons (Fsp3) is 1.00. The van der Waals surface area contributed by atoms with E-state index in [4.69, 9.17) is 0 Å². The van der Waals surface area contributed by atoms with Gasteiger partial charge in [0.05, 0.1) is 0 Å². The lowest BCUT2D eigenvalue weighted by molar-refractivity contribution is 0.412. The van der Waals surface area contributed by atoms with Crippen molar-refractivity contribution >= 4 is 9.39 Å². The number of nitrogens with one attached hydrogen (secondary N) is 1. The number of nitrogens with zero attached hydrogens (tertiary/aromatic N) is 1. The lowest BCUT2D eigenvalue weighted by Gasteiger charge is -2.08. The third kappa shape index (κ3) is 6.35. The molecule has 0 bridgehead atoms. The Kier molecular flexibility index (Phi) is 4.73. The van der Waals surface area contributed by atoms with Crippen LogP contribution in [0.15, 0.2) is 0 Å². The third-order valence-corrected chi connectivity index (χ3v) is 0.794. The highest BCUT2D eigenvalue weighted by Gasteiger charge is 1.80. The number of hydrogen-bond donors (Lipinski definition) is 1. The van der Waals surface area contributed by atoms with Gasteiger partial charge < -0.3 is 0 Å². The zero-order valence-corrected chi connectivity index (χ0v) is 6.09. The van der Waals surface area contributed by atoms with Crippen LogP contribution in [0, 0.1) is 0 Å². The molecule has 0 rings (SSSR count). The van der Waals surface area contributed by atoms with Gasteiger partial charge in [-0.3, -0.25) is 5.43 Å². The molecule has 0 aromatic heterocycles. The fourth-order valence-electron chi connectivity index (χ4n) is 0.288. The lowest BCUT2D eigenvalue weighted by Crippen LogP contribution is -2.25. The lowest BCUT2D eigenvalue weighted by atomic mass is 10.5. The molecule has 0 amide bonds. The van der Waals surface area contributed by atoms with Gasteiger partial charge in [0.2, 0.25) is 0 Å². The molecule has 0 aliphatic carbocycles. The first-order chi connectivity index (χ1) is 3.27. The highest BCUT2D eigenvalue weighted by atomic mass is 31.0. The van der Waals surface area contributed by atoms with Gasteiger partial charge in [0.15, 0.2) is 0 Å². The molecule has 0 aliphatic heterocycles. The molecule has 3 heteroatoms. The van der Waals surface area contributed by atoms with Crippen molar-refractivity contribution in [1.82, 2.24) is 10.2 Å². The van der Waals surface area contributed by atoms with E-state index in [0.717, 1.165) is 6.54 Å². The van der Waals surface area contributed by atoms with E-state index in [1.807, 2.05) is 11.8 Å². The van der Waals surface area contributed by atoms with Gasteiger partial charge in [-0.25, -0.2) is 4.78 Å². The maximum atomic E-state index is 3.09. The van der Waals surface area contributed by atoms with Crippen molar-refractivity contribution in [3.05, 3.63) is 0 Å². The molecule has 0 aromatic carbocycles. The molecule has 1 unspecified atom stereocenters. The highest BCUT2D eigenvalue weighted by Crippen LogP contribution is 1.83. The molecule has 0 aromatic rings. The molecule has 0 saturated carbocycles. The van der Waals surface area contributed by atoms with Crippen LogP contribution in [0.2, 0.25) is 0 Å². The third-order valence-electron chi connectivity index (χ3n) is 0.611. The van der Waals surface area contributed by atoms with Crippen molar-refractivity contribution in [3.63, 3.8) is 0 Å². The molecular weight excluding hydrogens is 107 g/mol. The Bertz CT molecular complexity index is 38.7. The quantitative estimate of drug-likeness (QED) is 0.434. The first-order valence-corrected chi connectivity index (χ1v) is 3.01. The average Bonchev–Trinajstić information content (AvgIpc) is 1.61. The van der Waals surface area contributed by atoms with Crippen LogP contribution in [0.25, 0.3) is 0 Å². The molecule has 1 N–H and O–H groups in total. The Balaban J connectivity index is 2.68. The van der Waals surface area contributed by atoms with Gasteiger partial charge in [0, 0.05) is 13.6 Å². The van der Waals surface area contributed by atoms with Crippen LogP contribution < -0.4 is 5.43 Å². The van der Waals surface area contributed by atoms with Crippen molar-refractivity contribution in [1.29, 1.82) is 0 Å². The van der Waals surface area contributed by atoms with E-state index in [0.29, 0.717) is 0 Å². The minimum Gasteiger partial charge on any atom is -0.252 e. The summed E-state index contributed by atoms with van der Waals surface area (Å²) in [5.74, 6) is 0. The second-order valence-electron chi connectivity index (χ2n) is 1.52. The van der Waals surface area contributed by atoms with Crippen LogP contribution in [0.3, 0.4) is 0 Å². The van der Waals surface area contributed by atoms with Crippen molar-refractivity contribution in [2.24, 2.45) is 0 Å². The number of rotatable bonds is 3. The van der Waals surface area contributed by atoms with E-state index < -0.39 is 0 Å². The van der Waals surface area contributed by atoms with Crippen LogP contribution in [-0.2, 0) is 0 Å². The molecule has 0 radical (unpaired) electrons. The summed E-state index contributed by atoms with van der Waals surface area (Å²) < 4.78 is 1.88. The monoisotopic (exact) mass is 120 g/mol. The Morgan fingerprint density at radius 1 is 1.71 bits per heavy atom. The predicted molar refractivity (Wildman–Crippen MR) is 35.8 cm³/mol. The molecular formula is C4H13N2P. The second-order valence-corrected chi connectivity index (χ2v) is 2.29. The summed E-state index contributed by atoms with van der Waals surface area (Å²) in [6.07, 6.45) is 1.18.